The van der Waals surface area contributed by atoms with Crippen LogP contribution in [0.15, 0.2) is 207 Å². The summed E-state index contributed by atoms with van der Waals surface area (Å²) in [6, 6.07) is 40.2. The van der Waals surface area contributed by atoms with Gasteiger partial charge in [-0.15, -0.1) is 0 Å². The molecule has 5 aromatic carbocycles. The minimum atomic E-state index is 0.709. The maximum Gasteiger partial charge on any atom is 0.146 e. The van der Waals surface area contributed by atoms with E-state index in [2.05, 4.69) is 127 Å². The molecule has 11 heterocycles. The van der Waals surface area contributed by atoms with Gasteiger partial charge in [-0.2, -0.15) is 0 Å². The van der Waals surface area contributed by atoms with Crippen molar-refractivity contribution in [3.63, 3.8) is 0 Å². The van der Waals surface area contributed by atoms with Crippen LogP contribution < -0.4 is 0 Å². The van der Waals surface area contributed by atoms with Crippen molar-refractivity contribution in [1.82, 2.24) is 34.5 Å². The summed E-state index contributed by atoms with van der Waals surface area (Å²) in [6.45, 7) is 0. The molecular formula is C60H31N7O4. The van der Waals surface area contributed by atoms with E-state index in [1.54, 1.807) is 18.6 Å². The van der Waals surface area contributed by atoms with E-state index in [1.165, 1.54) is 0 Å². The van der Waals surface area contributed by atoms with Crippen LogP contribution in [0.2, 0.25) is 0 Å². The third-order valence-electron chi connectivity index (χ3n) is 14.1. The molecule has 0 saturated carbocycles. The molecule has 16 rings (SSSR count). The molecule has 0 spiro atoms. The van der Waals surface area contributed by atoms with Crippen LogP contribution >= 0.6 is 0 Å². The van der Waals surface area contributed by atoms with Gasteiger partial charge in [0.25, 0.3) is 0 Å². The first-order chi connectivity index (χ1) is 35.2. The average molecular weight is 914 g/mol. The van der Waals surface area contributed by atoms with Crippen LogP contribution in [0.4, 0.5) is 0 Å². The molecule has 11 heteroatoms. The van der Waals surface area contributed by atoms with E-state index in [-0.39, 0.29) is 0 Å². The van der Waals surface area contributed by atoms with Crippen molar-refractivity contribution in [2.24, 2.45) is 0 Å². The standard InChI is InChI=1S/C60H31N7O4/c1-2-7-51-37(6-1)38-20-35(43-24-65-30-49-45-26-62-16-13-55(45)70-59(43)49)8-10-52(38)67(51)36-21-40-39-19-33(32-4-3-5-34(18-32)42-23-64-29-48-44-25-61-15-12-54(44)69-58(42)48)9-11-53(39)68-57(40)41(22-36)47-28-66-31-50-46-27-63-17-14-56(46)71-60(47)50/h1-31H. The molecule has 0 N–H and O–H groups in total. The van der Waals surface area contributed by atoms with Crippen LogP contribution in [-0.4, -0.2) is 34.5 Å². The second-order valence-corrected chi connectivity index (χ2v) is 18.0. The molecule has 0 radical (unpaired) electrons. The Balaban J connectivity index is 0.922. The lowest BCUT2D eigenvalue weighted by Crippen LogP contribution is -1.95. The number of para-hydroxylation sites is 1. The van der Waals surface area contributed by atoms with Crippen LogP contribution in [0.5, 0.6) is 0 Å². The minimum Gasteiger partial charge on any atom is -0.455 e. The van der Waals surface area contributed by atoms with Crippen molar-refractivity contribution < 1.29 is 17.7 Å². The smallest absolute Gasteiger partial charge is 0.146 e. The first kappa shape index (κ1) is 38.0. The van der Waals surface area contributed by atoms with Gasteiger partial charge in [-0.25, -0.2) is 0 Å². The summed E-state index contributed by atoms with van der Waals surface area (Å²) in [5.41, 5.74) is 16.6. The fourth-order valence-corrected chi connectivity index (χ4v) is 10.9. The van der Waals surface area contributed by atoms with Gasteiger partial charge < -0.3 is 22.2 Å². The highest BCUT2D eigenvalue weighted by Gasteiger charge is 2.23. The number of nitrogens with zero attached hydrogens (tertiary/aromatic N) is 7. The fourth-order valence-electron chi connectivity index (χ4n) is 10.9. The minimum absolute atomic E-state index is 0.709. The number of fused-ring (bicyclic) bond motifs is 15. The Kier molecular flexibility index (Phi) is 7.64. The Morgan fingerprint density at radius 2 is 0.775 bits per heavy atom. The molecule has 0 aliphatic rings. The van der Waals surface area contributed by atoms with E-state index in [0.29, 0.717) is 5.58 Å². The first-order valence-electron chi connectivity index (χ1n) is 23.1. The van der Waals surface area contributed by atoms with E-state index < -0.39 is 0 Å². The molecular weight excluding hydrogens is 883 g/mol. The molecule has 0 saturated heterocycles. The third-order valence-corrected chi connectivity index (χ3v) is 14.1. The number of rotatable bonds is 5. The summed E-state index contributed by atoms with van der Waals surface area (Å²) in [4.78, 5) is 27.2. The van der Waals surface area contributed by atoms with Gasteiger partial charge in [0, 0.05) is 156 Å². The summed E-state index contributed by atoms with van der Waals surface area (Å²) < 4.78 is 28.8. The lowest BCUT2D eigenvalue weighted by molar-refractivity contribution is 0.664. The quantitative estimate of drug-likeness (QED) is 0.164. The highest BCUT2D eigenvalue weighted by Crippen LogP contribution is 2.46. The largest absolute Gasteiger partial charge is 0.455 e. The Bertz CT molecular complexity index is 4920. The molecule has 16 aromatic rings. The molecule has 0 unspecified atom stereocenters. The van der Waals surface area contributed by atoms with E-state index >= 15 is 0 Å². The monoisotopic (exact) mass is 913 g/mol. The zero-order chi connectivity index (χ0) is 46.3. The van der Waals surface area contributed by atoms with Gasteiger partial charge in [-0.05, 0) is 89.0 Å². The van der Waals surface area contributed by atoms with Gasteiger partial charge in [0.2, 0.25) is 0 Å². The van der Waals surface area contributed by atoms with E-state index in [1.807, 2.05) is 74.0 Å². The number of hydrogen-bond donors (Lipinski definition) is 0. The SMILES string of the molecule is c1cc(-c2ccc3oc4c(-c5cncc6c5oc5ccncc56)cc(-n5c6ccccc6c6cc(-c7cncc8c7oc7ccncc78)ccc65)cc4c3c2)cc(-c2cncc3c2oc2ccncc23)c1. The number of pyridine rings is 6. The lowest BCUT2D eigenvalue weighted by atomic mass is 9.97. The van der Waals surface area contributed by atoms with Crippen LogP contribution in [0.1, 0.15) is 0 Å². The van der Waals surface area contributed by atoms with Gasteiger partial charge >= 0.3 is 0 Å². The third kappa shape index (κ3) is 5.48. The molecule has 330 valence electrons. The highest BCUT2D eigenvalue weighted by molar-refractivity contribution is 6.18. The van der Waals surface area contributed by atoms with Gasteiger partial charge in [-0.3, -0.25) is 29.9 Å². The Hall–Kier alpha value is -10.0. The zero-order valence-electron chi connectivity index (χ0n) is 37.2. The Morgan fingerprint density at radius 1 is 0.282 bits per heavy atom. The summed E-state index contributed by atoms with van der Waals surface area (Å²) in [5, 5.41) is 9.62. The average Bonchev–Trinajstić information content (AvgIpc) is 4.26. The van der Waals surface area contributed by atoms with Crippen LogP contribution in [0.3, 0.4) is 0 Å². The maximum absolute atomic E-state index is 6.96. The molecule has 0 fully saturated rings. The van der Waals surface area contributed by atoms with Crippen molar-refractivity contribution >= 4 is 110 Å². The summed E-state index contributed by atoms with van der Waals surface area (Å²) in [6.07, 6.45) is 21.9. The van der Waals surface area contributed by atoms with Gasteiger partial charge in [-0.1, -0.05) is 48.5 Å². The number of benzene rings is 5. The van der Waals surface area contributed by atoms with Gasteiger partial charge in [0.05, 0.1) is 11.0 Å². The lowest BCUT2D eigenvalue weighted by Gasteiger charge is -2.12. The van der Waals surface area contributed by atoms with E-state index in [4.69, 9.17) is 22.7 Å². The molecule has 0 aliphatic heterocycles. The summed E-state index contributed by atoms with van der Waals surface area (Å²) >= 11 is 0. The highest BCUT2D eigenvalue weighted by atomic mass is 16.3. The number of aromatic nitrogens is 7. The van der Waals surface area contributed by atoms with Crippen molar-refractivity contribution in [2.75, 3.05) is 0 Å². The van der Waals surface area contributed by atoms with Crippen molar-refractivity contribution in [2.45, 2.75) is 0 Å². The van der Waals surface area contributed by atoms with Gasteiger partial charge in [0.15, 0.2) is 0 Å². The first-order valence-corrected chi connectivity index (χ1v) is 23.1. The molecule has 11 nitrogen and oxygen atoms in total. The molecule has 0 atom stereocenters. The summed E-state index contributed by atoms with van der Waals surface area (Å²) in [7, 11) is 0. The van der Waals surface area contributed by atoms with Crippen molar-refractivity contribution in [3.8, 4) is 50.2 Å². The molecule has 71 heavy (non-hydrogen) atoms. The predicted molar refractivity (Wildman–Crippen MR) is 278 cm³/mol. The van der Waals surface area contributed by atoms with Crippen molar-refractivity contribution in [1.29, 1.82) is 0 Å². The van der Waals surface area contributed by atoms with E-state index in [0.717, 1.165) is 154 Å². The summed E-state index contributed by atoms with van der Waals surface area (Å²) in [5.74, 6) is 0. The Morgan fingerprint density at radius 3 is 1.44 bits per heavy atom. The van der Waals surface area contributed by atoms with Crippen LogP contribution in [0, 0.1) is 0 Å². The van der Waals surface area contributed by atoms with Crippen molar-refractivity contribution in [3.05, 3.63) is 190 Å². The maximum atomic E-state index is 6.96. The topological polar surface area (TPSA) is 135 Å². The molecule has 0 amide bonds. The molecule has 0 bridgehead atoms. The second kappa shape index (κ2) is 14.3. The number of furan rings is 4. The fraction of sp³-hybridized carbons (Fsp3) is 0. The van der Waals surface area contributed by atoms with Gasteiger partial charge in [0.1, 0.15) is 44.7 Å². The molecule has 0 aliphatic carbocycles. The second-order valence-electron chi connectivity index (χ2n) is 18.0. The normalized spacial score (nSPS) is 12.2. The van der Waals surface area contributed by atoms with E-state index in [9.17, 15) is 0 Å². The van der Waals surface area contributed by atoms with Crippen LogP contribution in [-0.2, 0) is 0 Å². The van der Waals surface area contributed by atoms with Crippen LogP contribution in [0.25, 0.3) is 160 Å². The number of hydrogen-bond acceptors (Lipinski definition) is 10. The molecule has 11 aromatic heterocycles. The Labute approximate surface area is 399 Å². The zero-order valence-corrected chi connectivity index (χ0v) is 37.2. The predicted octanol–water partition coefficient (Wildman–Crippen LogP) is 15.4.